The Balaban J connectivity index is 2.00. The van der Waals surface area contributed by atoms with Crippen molar-refractivity contribution in [3.8, 4) is 0 Å². The van der Waals surface area contributed by atoms with Gasteiger partial charge in [-0.2, -0.15) is 0 Å². The van der Waals surface area contributed by atoms with Crippen molar-refractivity contribution in [2.45, 2.75) is 13.8 Å². The van der Waals surface area contributed by atoms with Crippen LogP contribution in [0.5, 0.6) is 0 Å². The van der Waals surface area contributed by atoms with Crippen molar-refractivity contribution in [1.29, 1.82) is 0 Å². The summed E-state index contributed by atoms with van der Waals surface area (Å²) < 4.78 is 4.35. The normalized spacial score (nSPS) is 11.4. The molecule has 4 rings (SSSR count). The number of benzene rings is 1. The van der Waals surface area contributed by atoms with Crippen LogP contribution < -0.4 is 0 Å². The van der Waals surface area contributed by atoms with Gasteiger partial charge in [0.1, 0.15) is 17.2 Å². The van der Waals surface area contributed by atoms with Crippen LogP contribution >= 0.6 is 15.9 Å². The van der Waals surface area contributed by atoms with E-state index in [9.17, 15) is 4.79 Å². The molecule has 0 spiro atoms. The van der Waals surface area contributed by atoms with Crippen LogP contribution in [-0.2, 0) is 0 Å². The van der Waals surface area contributed by atoms with E-state index in [1.54, 1.807) is 4.57 Å². The van der Waals surface area contributed by atoms with E-state index in [-0.39, 0.29) is 5.91 Å². The summed E-state index contributed by atoms with van der Waals surface area (Å²) in [6.07, 6.45) is 1.86. The summed E-state index contributed by atoms with van der Waals surface area (Å²) in [4.78, 5) is 22.2. The largest absolute Gasteiger partial charge is 0.294 e. The number of fused-ring (bicyclic) bond motifs is 2. The van der Waals surface area contributed by atoms with Crippen molar-refractivity contribution in [2.75, 3.05) is 0 Å². The number of halogens is 1. The highest BCUT2D eigenvalue weighted by molar-refractivity contribution is 9.10. The molecule has 0 amide bonds. The highest BCUT2D eigenvalue weighted by Gasteiger charge is 2.22. The molecule has 0 atom stereocenters. The van der Waals surface area contributed by atoms with Crippen molar-refractivity contribution < 1.29 is 4.79 Å². The van der Waals surface area contributed by atoms with Gasteiger partial charge in [-0.3, -0.25) is 13.8 Å². The summed E-state index contributed by atoms with van der Waals surface area (Å²) >= 11 is 3.45. The van der Waals surface area contributed by atoms with Gasteiger partial charge in [0.25, 0.3) is 5.91 Å². The standard InChI is InChI=1S/C17H13BrN4O/c1-10-16(21-9-12(18)7-8-15(21)19-10)17(23)22-11(2)20-13-5-3-4-6-14(13)22/h3-9H,1-2H3. The van der Waals surface area contributed by atoms with Crippen molar-refractivity contribution in [3.05, 3.63) is 64.3 Å². The molecule has 6 heteroatoms. The third-order valence-corrected chi connectivity index (χ3v) is 4.36. The number of nitrogens with zero attached hydrogens (tertiary/aromatic N) is 4. The number of carbonyl (C=O) groups excluding carboxylic acids is 1. The number of aromatic nitrogens is 4. The van der Waals surface area contributed by atoms with E-state index in [2.05, 4.69) is 25.9 Å². The van der Waals surface area contributed by atoms with Gasteiger partial charge in [-0.15, -0.1) is 0 Å². The Kier molecular flexibility index (Phi) is 3.09. The molecular formula is C17H13BrN4O. The van der Waals surface area contributed by atoms with Gasteiger partial charge in [0.2, 0.25) is 0 Å². The fourth-order valence-corrected chi connectivity index (χ4v) is 3.24. The van der Waals surface area contributed by atoms with E-state index in [4.69, 9.17) is 0 Å². The maximum Gasteiger partial charge on any atom is 0.282 e. The number of aryl methyl sites for hydroxylation is 2. The second kappa shape index (κ2) is 5.03. The molecule has 3 aromatic heterocycles. The Morgan fingerprint density at radius 3 is 2.70 bits per heavy atom. The first-order valence-electron chi connectivity index (χ1n) is 7.19. The molecule has 114 valence electrons. The minimum atomic E-state index is -0.126. The van der Waals surface area contributed by atoms with Crippen LogP contribution in [0.1, 0.15) is 22.0 Å². The second-order valence-corrected chi connectivity index (χ2v) is 6.33. The molecule has 0 fully saturated rings. The summed E-state index contributed by atoms with van der Waals surface area (Å²) in [6, 6.07) is 11.4. The molecule has 0 N–H and O–H groups in total. The van der Waals surface area contributed by atoms with E-state index in [1.807, 2.05) is 60.8 Å². The molecule has 0 radical (unpaired) electrons. The monoisotopic (exact) mass is 368 g/mol. The SMILES string of the molecule is Cc1nc2ccc(Br)cn2c1C(=O)n1c(C)nc2ccccc21. The highest BCUT2D eigenvalue weighted by Crippen LogP contribution is 2.21. The molecule has 23 heavy (non-hydrogen) atoms. The van der Waals surface area contributed by atoms with Gasteiger partial charge < -0.3 is 0 Å². The predicted octanol–water partition coefficient (Wildman–Crippen LogP) is 3.75. The van der Waals surface area contributed by atoms with Crippen molar-refractivity contribution in [1.82, 2.24) is 18.9 Å². The minimum Gasteiger partial charge on any atom is -0.294 e. The molecule has 5 nitrogen and oxygen atoms in total. The molecule has 1 aromatic carbocycles. The van der Waals surface area contributed by atoms with Crippen LogP contribution in [0, 0.1) is 13.8 Å². The molecule has 0 unspecified atom stereocenters. The molecule has 4 aromatic rings. The highest BCUT2D eigenvalue weighted by atomic mass is 79.9. The number of hydrogen-bond donors (Lipinski definition) is 0. The van der Waals surface area contributed by atoms with E-state index >= 15 is 0 Å². The number of para-hydroxylation sites is 2. The Morgan fingerprint density at radius 1 is 1.09 bits per heavy atom. The van der Waals surface area contributed by atoms with Crippen molar-refractivity contribution in [3.63, 3.8) is 0 Å². The van der Waals surface area contributed by atoms with Gasteiger partial charge in [-0.25, -0.2) is 9.97 Å². The van der Waals surface area contributed by atoms with Crippen LogP contribution in [-0.4, -0.2) is 24.8 Å². The molecule has 0 aliphatic carbocycles. The molecule has 0 saturated carbocycles. The number of hydrogen-bond acceptors (Lipinski definition) is 3. The molecule has 0 aliphatic heterocycles. The van der Waals surface area contributed by atoms with Gasteiger partial charge in [-0.1, -0.05) is 12.1 Å². The number of carbonyl (C=O) groups is 1. The number of imidazole rings is 2. The summed E-state index contributed by atoms with van der Waals surface area (Å²) in [5.74, 6) is 0.542. The fraction of sp³-hybridized carbons (Fsp3) is 0.118. The van der Waals surface area contributed by atoms with Crippen LogP contribution in [0.2, 0.25) is 0 Å². The first-order valence-corrected chi connectivity index (χ1v) is 7.98. The fourth-order valence-electron chi connectivity index (χ4n) is 2.90. The maximum atomic E-state index is 13.2. The lowest BCUT2D eigenvalue weighted by molar-refractivity contribution is 0.0956. The zero-order chi connectivity index (χ0) is 16.1. The van der Waals surface area contributed by atoms with E-state index in [0.29, 0.717) is 17.2 Å². The smallest absolute Gasteiger partial charge is 0.282 e. The van der Waals surface area contributed by atoms with Crippen LogP contribution in [0.15, 0.2) is 47.1 Å². The molecule has 0 bridgehead atoms. The summed E-state index contributed by atoms with van der Waals surface area (Å²) in [5.41, 5.74) is 3.61. The van der Waals surface area contributed by atoms with E-state index in [1.165, 1.54) is 0 Å². The van der Waals surface area contributed by atoms with Crippen LogP contribution in [0.4, 0.5) is 0 Å². The Morgan fingerprint density at radius 2 is 1.87 bits per heavy atom. The van der Waals surface area contributed by atoms with Crippen molar-refractivity contribution >= 4 is 38.5 Å². The molecule has 0 saturated heterocycles. The topological polar surface area (TPSA) is 52.2 Å². The van der Waals surface area contributed by atoms with Crippen molar-refractivity contribution in [2.24, 2.45) is 0 Å². The van der Waals surface area contributed by atoms with Gasteiger partial charge in [0.05, 0.1) is 16.7 Å². The Hall–Kier alpha value is -2.47. The van der Waals surface area contributed by atoms with Gasteiger partial charge in [0, 0.05) is 10.7 Å². The van der Waals surface area contributed by atoms with Gasteiger partial charge in [0.15, 0.2) is 0 Å². The van der Waals surface area contributed by atoms with E-state index in [0.717, 1.165) is 21.2 Å². The molecular weight excluding hydrogens is 356 g/mol. The average molecular weight is 369 g/mol. The quantitative estimate of drug-likeness (QED) is 0.514. The van der Waals surface area contributed by atoms with Crippen LogP contribution in [0.25, 0.3) is 16.7 Å². The number of pyridine rings is 1. The van der Waals surface area contributed by atoms with E-state index < -0.39 is 0 Å². The zero-order valence-electron chi connectivity index (χ0n) is 12.6. The lowest BCUT2D eigenvalue weighted by atomic mass is 10.3. The van der Waals surface area contributed by atoms with Crippen LogP contribution in [0.3, 0.4) is 0 Å². The first-order chi connectivity index (χ1) is 11.1. The number of rotatable bonds is 1. The third-order valence-electron chi connectivity index (χ3n) is 3.89. The Labute approximate surface area is 140 Å². The summed E-state index contributed by atoms with van der Waals surface area (Å²) in [6.45, 7) is 3.69. The average Bonchev–Trinajstić information content (AvgIpc) is 3.01. The molecule has 0 aliphatic rings. The lowest BCUT2D eigenvalue weighted by Crippen LogP contribution is -2.17. The predicted molar refractivity (Wildman–Crippen MR) is 91.8 cm³/mol. The zero-order valence-corrected chi connectivity index (χ0v) is 14.2. The third kappa shape index (κ3) is 2.09. The summed E-state index contributed by atoms with van der Waals surface area (Å²) in [7, 11) is 0. The second-order valence-electron chi connectivity index (χ2n) is 5.41. The maximum absolute atomic E-state index is 13.2. The van der Waals surface area contributed by atoms with Gasteiger partial charge in [-0.05, 0) is 54.0 Å². The molecule has 3 heterocycles. The minimum absolute atomic E-state index is 0.126. The Bertz CT molecular complexity index is 1080. The van der Waals surface area contributed by atoms with Gasteiger partial charge >= 0.3 is 0 Å². The summed E-state index contributed by atoms with van der Waals surface area (Å²) in [5, 5.41) is 0. The first kappa shape index (κ1) is 14.1. The lowest BCUT2D eigenvalue weighted by Gasteiger charge is -2.07.